The highest BCUT2D eigenvalue weighted by molar-refractivity contribution is 6.31. The smallest absolute Gasteiger partial charge is 0.121 e. The molecule has 4 N–H and O–H groups in total. The third-order valence-electron chi connectivity index (χ3n) is 5.47. The Labute approximate surface area is 170 Å². The van der Waals surface area contributed by atoms with Crippen LogP contribution in [0.15, 0.2) is 48.9 Å². The van der Waals surface area contributed by atoms with Crippen LogP contribution in [0.1, 0.15) is 29.0 Å². The number of benzene rings is 2. The number of imidazole rings is 1. The number of likely N-dealkylation sites (N-methyl/N-ethyl adjacent to an activating group) is 1. The minimum absolute atomic E-state index is 0.0588. The Hall–Kier alpha value is -2.54. The van der Waals surface area contributed by atoms with Crippen LogP contribution in [0.2, 0.25) is 5.02 Å². The van der Waals surface area contributed by atoms with Crippen molar-refractivity contribution in [2.75, 3.05) is 31.3 Å². The number of hydrogen-bond donors (Lipinski definition) is 2. The van der Waals surface area contributed by atoms with E-state index in [9.17, 15) is 0 Å². The van der Waals surface area contributed by atoms with E-state index in [0.29, 0.717) is 12.2 Å². The van der Waals surface area contributed by atoms with Crippen LogP contribution in [0.4, 0.5) is 11.4 Å². The molecule has 1 aliphatic rings. The molecule has 2 heterocycles. The number of nitrogen functional groups attached to an aromatic ring is 1. The molecule has 0 aliphatic carbocycles. The molecule has 0 radical (unpaired) electrons. The van der Waals surface area contributed by atoms with E-state index < -0.39 is 0 Å². The predicted molar refractivity (Wildman–Crippen MR) is 115 cm³/mol. The lowest BCUT2D eigenvalue weighted by molar-refractivity contribution is 0.293. The first-order valence-corrected chi connectivity index (χ1v) is 9.62. The Morgan fingerprint density at radius 2 is 2.00 bits per heavy atom. The molecule has 0 fully saturated rings. The zero-order chi connectivity index (χ0) is 20.0. The summed E-state index contributed by atoms with van der Waals surface area (Å²) < 4.78 is 2.03. The zero-order valence-corrected chi connectivity index (χ0v) is 17.1. The average molecular weight is 397 g/mol. The van der Waals surface area contributed by atoms with Crippen LogP contribution in [0.3, 0.4) is 0 Å². The summed E-state index contributed by atoms with van der Waals surface area (Å²) in [6.45, 7) is 2.76. The Morgan fingerprint density at radius 1 is 1.21 bits per heavy atom. The van der Waals surface area contributed by atoms with E-state index in [0.717, 1.165) is 33.2 Å². The zero-order valence-electron chi connectivity index (χ0n) is 16.3. The van der Waals surface area contributed by atoms with Gasteiger partial charge in [0.15, 0.2) is 0 Å². The maximum atomic E-state index is 6.68. The number of halogens is 1. The molecular weight excluding hydrogens is 372 g/mol. The molecule has 146 valence electrons. The molecule has 7 heteroatoms. The van der Waals surface area contributed by atoms with Crippen molar-refractivity contribution in [3.05, 3.63) is 70.8 Å². The molecule has 0 amide bonds. The summed E-state index contributed by atoms with van der Waals surface area (Å²) in [4.78, 5) is 8.67. The van der Waals surface area contributed by atoms with Gasteiger partial charge in [-0.15, -0.1) is 0 Å². The van der Waals surface area contributed by atoms with Gasteiger partial charge in [-0.2, -0.15) is 0 Å². The minimum Gasteiger partial charge on any atom is -0.399 e. The second-order valence-electron chi connectivity index (χ2n) is 7.48. The standard InChI is InChI=1S/C21H25ClN6/c1-13-5-4-6-15(22)20(13)19(26(2)3)11-27-17-9-14(23)7-8-16(17)28-12-25-10-18(28)21(27)24/h4-10,12,19,21H,11,23-24H2,1-3H3. The molecule has 0 saturated heterocycles. The summed E-state index contributed by atoms with van der Waals surface area (Å²) in [7, 11) is 4.13. The number of nitrogens with two attached hydrogens (primary N) is 2. The average Bonchev–Trinajstić information content (AvgIpc) is 3.13. The number of rotatable bonds is 4. The van der Waals surface area contributed by atoms with Crippen molar-refractivity contribution in [2.24, 2.45) is 5.73 Å². The van der Waals surface area contributed by atoms with Crippen LogP contribution in [0.25, 0.3) is 5.69 Å². The van der Waals surface area contributed by atoms with Gasteiger partial charge in [-0.1, -0.05) is 23.7 Å². The fourth-order valence-corrected chi connectivity index (χ4v) is 4.33. The predicted octanol–water partition coefficient (Wildman–Crippen LogP) is 3.50. The van der Waals surface area contributed by atoms with Crippen molar-refractivity contribution in [2.45, 2.75) is 19.1 Å². The highest BCUT2D eigenvalue weighted by Gasteiger charge is 2.32. The largest absolute Gasteiger partial charge is 0.399 e. The summed E-state index contributed by atoms with van der Waals surface area (Å²) in [5.74, 6) is 0. The second-order valence-corrected chi connectivity index (χ2v) is 7.89. The summed E-state index contributed by atoms with van der Waals surface area (Å²) in [6, 6.07) is 12.0. The normalized spacial score (nSPS) is 16.8. The SMILES string of the molecule is Cc1cccc(Cl)c1C(CN1c2cc(N)ccc2-n2cncc2C1N)N(C)C. The van der Waals surface area contributed by atoms with Crippen molar-refractivity contribution in [3.63, 3.8) is 0 Å². The fourth-order valence-electron chi connectivity index (χ4n) is 3.99. The number of anilines is 2. The van der Waals surface area contributed by atoms with E-state index in [-0.39, 0.29) is 12.2 Å². The number of aromatic nitrogens is 2. The van der Waals surface area contributed by atoms with Gasteiger partial charge in [0.05, 0.1) is 35.6 Å². The van der Waals surface area contributed by atoms with E-state index >= 15 is 0 Å². The van der Waals surface area contributed by atoms with Gasteiger partial charge >= 0.3 is 0 Å². The lowest BCUT2D eigenvalue weighted by atomic mass is 9.98. The Morgan fingerprint density at radius 3 is 2.71 bits per heavy atom. The van der Waals surface area contributed by atoms with Crippen LogP contribution in [-0.4, -0.2) is 35.1 Å². The highest BCUT2D eigenvalue weighted by atomic mass is 35.5. The molecule has 2 unspecified atom stereocenters. The molecule has 4 rings (SSSR count). The lowest BCUT2D eigenvalue weighted by Crippen LogP contribution is -2.44. The Balaban J connectivity index is 1.81. The molecule has 2 atom stereocenters. The van der Waals surface area contributed by atoms with Crippen molar-refractivity contribution in [1.82, 2.24) is 14.5 Å². The third kappa shape index (κ3) is 3.03. The van der Waals surface area contributed by atoms with Crippen molar-refractivity contribution >= 4 is 23.0 Å². The molecule has 28 heavy (non-hydrogen) atoms. The number of nitrogens with zero attached hydrogens (tertiary/aromatic N) is 4. The molecule has 1 aliphatic heterocycles. The monoisotopic (exact) mass is 396 g/mol. The molecule has 2 aromatic carbocycles. The summed E-state index contributed by atoms with van der Waals surface area (Å²) in [5.41, 5.74) is 18.7. The van der Waals surface area contributed by atoms with Gasteiger partial charge in [-0.05, 0) is 56.4 Å². The van der Waals surface area contributed by atoms with Gasteiger partial charge < -0.3 is 21.3 Å². The molecule has 0 bridgehead atoms. The third-order valence-corrected chi connectivity index (χ3v) is 5.80. The van der Waals surface area contributed by atoms with Crippen molar-refractivity contribution in [3.8, 4) is 5.69 Å². The van der Waals surface area contributed by atoms with Gasteiger partial charge in [0, 0.05) is 17.3 Å². The van der Waals surface area contributed by atoms with Crippen molar-refractivity contribution < 1.29 is 0 Å². The molecule has 1 aromatic heterocycles. The maximum absolute atomic E-state index is 6.68. The first kappa shape index (κ1) is 18.8. The Kier molecular flexibility index (Phi) is 4.79. The summed E-state index contributed by atoms with van der Waals surface area (Å²) >= 11 is 6.60. The maximum Gasteiger partial charge on any atom is 0.121 e. The van der Waals surface area contributed by atoms with E-state index in [4.69, 9.17) is 23.1 Å². The fraction of sp³-hybridized carbons (Fsp3) is 0.286. The van der Waals surface area contributed by atoms with Gasteiger partial charge in [0.2, 0.25) is 0 Å². The first-order valence-electron chi connectivity index (χ1n) is 9.24. The van der Waals surface area contributed by atoms with Crippen LogP contribution < -0.4 is 16.4 Å². The van der Waals surface area contributed by atoms with E-state index in [1.54, 1.807) is 6.33 Å². The molecule has 0 spiro atoms. The topological polar surface area (TPSA) is 76.3 Å². The van der Waals surface area contributed by atoms with Gasteiger partial charge in [-0.25, -0.2) is 4.98 Å². The Bertz CT molecular complexity index is 992. The van der Waals surface area contributed by atoms with Gasteiger partial charge in [0.1, 0.15) is 6.17 Å². The van der Waals surface area contributed by atoms with Gasteiger partial charge in [-0.3, -0.25) is 4.57 Å². The summed E-state index contributed by atoms with van der Waals surface area (Å²) in [5, 5.41) is 0.766. The first-order chi connectivity index (χ1) is 13.4. The molecule has 6 nitrogen and oxygen atoms in total. The number of hydrogen-bond acceptors (Lipinski definition) is 5. The van der Waals surface area contributed by atoms with Crippen molar-refractivity contribution in [1.29, 1.82) is 0 Å². The quantitative estimate of drug-likeness (QED) is 0.660. The van der Waals surface area contributed by atoms with Crippen LogP contribution in [-0.2, 0) is 0 Å². The molecule has 3 aromatic rings. The lowest BCUT2D eigenvalue weighted by Gasteiger charge is -2.41. The number of aryl methyl sites for hydroxylation is 1. The van der Waals surface area contributed by atoms with Crippen LogP contribution in [0.5, 0.6) is 0 Å². The molecule has 0 saturated carbocycles. The highest BCUT2D eigenvalue weighted by Crippen LogP contribution is 2.40. The number of fused-ring (bicyclic) bond motifs is 3. The van der Waals surface area contributed by atoms with Gasteiger partial charge in [0.25, 0.3) is 0 Å². The van der Waals surface area contributed by atoms with Crippen LogP contribution >= 0.6 is 11.6 Å². The summed E-state index contributed by atoms with van der Waals surface area (Å²) in [6.07, 6.45) is 3.29. The second kappa shape index (κ2) is 7.13. The van der Waals surface area contributed by atoms with E-state index in [1.165, 1.54) is 0 Å². The van der Waals surface area contributed by atoms with E-state index in [1.807, 2.05) is 41.1 Å². The van der Waals surface area contributed by atoms with E-state index in [2.05, 4.69) is 41.9 Å². The van der Waals surface area contributed by atoms with Crippen LogP contribution in [0, 0.1) is 6.92 Å². The minimum atomic E-state index is -0.331. The molecular formula is C21H25ClN6.